The topological polar surface area (TPSA) is 30.8 Å². The summed E-state index contributed by atoms with van der Waals surface area (Å²) in [4.78, 5) is 4.68. The van der Waals surface area contributed by atoms with Crippen LogP contribution in [0.3, 0.4) is 0 Å². The minimum Gasteiger partial charge on any atom is -0.454 e. The van der Waals surface area contributed by atoms with Crippen molar-refractivity contribution in [1.29, 1.82) is 0 Å². The van der Waals surface area contributed by atoms with Crippen LogP contribution < -0.4 is 9.47 Å². The van der Waals surface area contributed by atoms with Gasteiger partial charge in [0.25, 0.3) is 0 Å². The van der Waals surface area contributed by atoms with E-state index in [1.807, 2.05) is 6.07 Å². The Bertz CT molecular complexity index is 483. The number of nitrogens with zero attached hydrogens (tertiary/aromatic N) is 1. The number of hydrogen-bond donors (Lipinski definition) is 0. The van der Waals surface area contributed by atoms with Crippen LogP contribution in [0, 0.1) is 5.41 Å². The van der Waals surface area contributed by atoms with Crippen molar-refractivity contribution in [1.82, 2.24) is 0 Å². The summed E-state index contributed by atoms with van der Waals surface area (Å²) in [5, 5.41) is 0. The number of aliphatic imine (C=N–C) groups is 1. The standard InChI is InChI=1S/C13H15NO2/c1-13(2,3)12-5-8-4-10-11(16-7-15-10)6-9(8)14-12/h4,6H,5,7H2,1-3H3. The fourth-order valence-corrected chi connectivity index (χ4v) is 2.02. The van der Waals surface area contributed by atoms with Crippen LogP contribution in [0.25, 0.3) is 0 Å². The molecule has 0 spiro atoms. The molecule has 0 N–H and O–H groups in total. The Labute approximate surface area is 95.1 Å². The molecule has 1 aromatic rings. The molecule has 3 rings (SSSR count). The first kappa shape index (κ1) is 9.70. The second kappa shape index (κ2) is 3.00. The van der Waals surface area contributed by atoms with E-state index in [2.05, 4.69) is 31.8 Å². The summed E-state index contributed by atoms with van der Waals surface area (Å²) in [6.45, 7) is 6.91. The predicted molar refractivity (Wildman–Crippen MR) is 62.8 cm³/mol. The molecule has 2 heterocycles. The van der Waals surface area contributed by atoms with Gasteiger partial charge in [0, 0.05) is 23.6 Å². The van der Waals surface area contributed by atoms with E-state index in [4.69, 9.17) is 9.47 Å². The predicted octanol–water partition coefficient (Wildman–Crippen LogP) is 3.09. The molecule has 3 heteroatoms. The van der Waals surface area contributed by atoms with E-state index in [0.717, 1.165) is 23.6 Å². The fourth-order valence-electron chi connectivity index (χ4n) is 2.02. The lowest BCUT2D eigenvalue weighted by molar-refractivity contribution is 0.174. The van der Waals surface area contributed by atoms with E-state index >= 15 is 0 Å². The van der Waals surface area contributed by atoms with Crippen LogP contribution in [0.2, 0.25) is 0 Å². The molecule has 0 unspecified atom stereocenters. The van der Waals surface area contributed by atoms with Crippen molar-refractivity contribution < 1.29 is 9.47 Å². The van der Waals surface area contributed by atoms with Gasteiger partial charge in [0.2, 0.25) is 6.79 Å². The number of ether oxygens (including phenoxy) is 2. The Morgan fingerprint density at radius 1 is 1.12 bits per heavy atom. The summed E-state index contributed by atoms with van der Waals surface area (Å²) >= 11 is 0. The van der Waals surface area contributed by atoms with Gasteiger partial charge in [-0.1, -0.05) is 20.8 Å². The number of benzene rings is 1. The lowest BCUT2D eigenvalue weighted by atomic mass is 9.87. The molecular weight excluding hydrogens is 202 g/mol. The summed E-state index contributed by atoms with van der Waals surface area (Å²) < 4.78 is 10.7. The molecule has 0 aromatic heterocycles. The average Bonchev–Trinajstić information content (AvgIpc) is 2.75. The van der Waals surface area contributed by atoms with Gasteiger partial charge in [-0.3, -0.25) is 4.99 Å². The highest BCUT2D eigenvalue weighted by atomic mass is 16.7. The minimum atomic E-state index is 0.130. The van der Waals surface area contributed by atoms with E-state index in [1.54, 1.807) is 0 Å². The third-order valence-corrected chi connectivity index (χ3v) is 3.05. The smallest absolute Gasteiger partial charge is 0.231 e. The molecular formula is C13H15NO2. The van der Waals surface area contributed by atoms with Gasteiger partial charge in [-0.2, -0.15) is 0 Å². The molecule has 0 aliphatic carbocycles. The van der Waals surface area contributed by atoms with Crippen molar-refractivity contribution in [3.8, 4) is 11.5 Å². The van der Waals surface area contributed by atoms with Gasteiger partial charge in [0.1, 0.15) is 0 Å². The lowest BCUT2D eigenvalue weighted by Gasteiger charge is -2.17. The van der Waals surface area contributed by atoms with Crippen molar-refractivity contribution in [2.45, 2.75) is 27.2 Å². The van der Waals surface area contributed by atoms with Crippen LogP contribution in [-0.4, -0.2) is 12.5 Å². The first-order chi connectivity index (χ1) is 7.54. The summed E-state index contributed by atoms with van der Waals surface area (Å²) in [7, 11) is 0. The molecule has 2 aliphatic rings. The SMILES string of the molecule is CC(C)(C)C1=Nc2cc3c(cc2C1)OCO3. The Kier molecular flexibility index (Phi) is 1.82. The van der Waals surface area contributed by atoms with Crippen molar-refractivity contribution in [3.63, 3.8) is 0 Å². The van der Waals surface area contributed by atoms with Gasteiger partial charge in [0.05, 0.1) is 5.69 Å². The van der Waals surface area contributed by atoms with Crippen LogP contribution in [-0.2, 0) is 6.42 Å². The first-order valence-electron chi connectivity index (χ1n) is 5.54. The Balaban J connectivity index is 2.02. The number of hydrogen-bond acceptors (Lipinski definition) is 3. The van der Waals surface area contributed by atoms with Crippen LogP contribution in [0.15, 0.2) is 17.1 Å². The van der Waals surface area contributed by atoms with Crippen LogP contribution >= 0.6 is 0 Å². The van der Waals surface area contributed by atoms with Gasteiger partial charge >= 0.3 is 0 Å². The molecule has 1 aromatic carbocycles. The third-order valence-electron chi connectivity index (χ3n) is 3.05. The molecule has 0 bridgehead atoms. The fraction of sp³-hybridized carbons (Fsp3) is 0.462. The zero-order chi connectivity index (χ0) is 11.3. The summed E-state index contributed by atoms with van der Waals surface area (Å²) in [5.41, 5.74) is 3.64. The maximum atomic E-state index is 5.37. The second-order valence-corrected chi connectivity index (χ2v) is 5.32. The zero-order valence-electron chi connectivity index (χ0n) is 9.83. The Morgan fingerprint density at radius 3 is 2.50 bits per heavy atom. The molecule has 0 amide bonds. The molecule has 0 atom stereocenters. The molecule has 0 fully saturated rings. The molecule has 84 valence electrons. The van der Waals surface area contributed by atoms with E-state index in [-0.39, 0.29) is 5.41 Å². The lowest BCUT2D eigenvalue weighted by Crippen LogP contribution is -2.19. The van der Waals surface area contributed by atoms with Gasteiger partial charge in [-0.05, 0) is 11.6 Å². The molecule has 16 heavy (non-hydrogen) atoms. The summed E-state index contributed by atoms with van der Waals surface area (Å²) in [6, 6.07) is 4.04. The van der Waals surface area contributed by atoms with E-state index < -0.39 is 0 Å². The molecule has 0 radical (unpaired) electrons. The summed E-state index contributed by atoms with van der Waals surface area (Å²) in [6.07, 6.45) is 0.926. The maximum absolute atomic E-state index is 5.37. The second-order valence-electron chi connectivity index (χ2n) is 5.32. The van der Waals surface area contributed by atoms with Gasteiger partial charge < -0.3 is 9.47 Å². The minimum absolute atomic E-state index is 0.130. The van der Waals surface area contributed by atoms with Crippen molar-refractivity contribution in [2.75, 3.05) is 6.79 Å². The van der Waals surface area contributed by atoms with Crippen LogP contribution in [0.5, 0.6) is 11.5 Å². The normalized spacial score (nSPS) is 17.3. The highest BCUT2D eigenvalue weighted by Crippen LogP contribution is 2.42. The molecule has 0 saturated carbocycles. The van der Waals surface area contributed by atoms with Crippen LogP contribution in [0.4, 0.5) is 5.69 Å². The quantitative estimate of drug-likeness (QED) is 0.668. The first-order valence-corrected chi connectivity index (χ1v) is 5.54. The van der Waals surface area contributed by atoms with Crippen LogP contribution in [0.1, 0.15) is 26.3 Å². The van der Waals surface area contributed by atoms with E-state index in [0.29, 0.717) is 6.79 Å². The number of fused-ring (bicyclic) bond motifs is 2. The van der Waals surface area contributed by atoms with Gasteiger partial charge in [0.15, 0.2) is 11.5 Å². The molecule has 2 aliphatic heterocycles. The third kappa shape index (κ3) is 1.39. The van der Waals surface area contributed by atoms with Crippen molar-refractivity contribution in [2.24, 2.45) is 10.4 Å². The number of rotatable bonds is 0. The highest BCUT2D eigenvalue weighted by Gasteiger charge is 2.27. The van der Waals surface area contributed by atoms with Gasteiger partial charge in [-0.15, -0.1) is 0 Å². The Morgan fingerprint density at radius 2 is 1.81 bits per heavy atom. The Hall–Kier alpha value is -1.51. The molecule has 3 nitrogen and oxygen atoms in total. The summed E-state index contributed by atoms with van der Waals surface area (Å²) in [5.74, 6) is 1.67. The average molecular weight is 217 g/mol. The van der Waals surface area contributed by atoms with Gasteiger partial charge in [-0.25, -0.2) is 0 Å². The van der Waals surface area contributed by atoms with E-state index in [1.165, 1.54) is 11.3 Å². The van der Waals surface area contributed by atoms with Crippen molar-refractivity contribution >= 4 is 11.4 Å². The monoisotopic (exact) mass is 217 g/mol. The molecule has 0 saturated heterocycles. The maximum Gasteiger partial charge on any atom is 0.231 e. The zero-order valence-corrected chi connectivity index (χ0v) is 9.83. The highest BCUT2D eigenvalue weighted by molar-refractivity contribution is 5.97. The van der Waals surface area contributed by atoms with E-state index in [9.17, 15) is 0 Å². The largest absolute Gasteiger partial charge is 0.454 e. The van der Waals surface area contributed by atoms with Crippen molar-refractivity contribution in [3.05, 3.63) is 17.7 Å².